The highest BCUT2D eigenvalue weighted by Crippen LogP contribution is 2.08. The van der Waals surface area contributed by atoms with Crippen molar-refractivity contribution < 1.29 is 24.6 Å². The molecule has 0 aliphatic heterocycles. The number of carboxylic acids is 1. The van der Waals surface area contributed by atoms with Gasteiger partial charge in [-0.1, -0.05) is 20.3 Å². The van der Waals surface area contributed by atoms with Crippen molar-refractivity contribution in [2.75, 3.05) is 0 Å². The summed E-state index contributed by atoms with van der Waals surface area (Å²) in [6, 6.07) is -3.12. The largest absolute Gasteiger partial charge is 0.480 e. The second-order valence-corrected chi connectivity index (χ2v) is 5.21. The third kappa shape index (κ3) is 6.09. The Morgan fingerprint density at radius 1 is 1.10 bits per heavy atom. The molecule has 0 aliphatic rings. The standard InChI is InChI=1S/C13H25N3O5/c1-5-6(2)10(13(20)21)16-11(18)7(3)15-12(19)9(14)8(4)17/h6-10,17H,5,14H2,1-4H3,(H,15,19)(H,16,18)(H,20,21)/t6-,7-,8+,9-,10-/m0/s1. The van der Waals surface area contributed by atoms with E-state index in [2.05, 4.69) is 10.6 Å². The van der Waals surface area contributed by atoms with Gasteiger partial charge in [0, 0.05) is 0 Å². The number of hydrogen-bond donors (Lipinski definition) is 5. The quantitative estimate of drug-likeness (QED) is 0.382. The lowest BCUT2D eigenvalue weighted by molar-refractivity contribution is -0.143. The van der Waals surface area contributed by atoms with Gasteiger partial charge in [-0.3, -0.25) is 9.59 Å². The molecule has 0 heterocycles. The Kier molecular flexibility index (Phi) is 7.90. The van der Waals surface area contributed by atoms with Crippen LogP contribution in [0.25, 0.3) is 0 Å². The number of nitrogens with one attached hydrogen (secondary N) is 2. The summed E-state index contributed by atoms with van der Waals surface area (Å²) in [6.07, 6.45) is -0.461. The van der Waals surface area contributed by atoms with Gasteiger partial charge >= 0.3 is 5.97 Å². The van der Waals surface area contributed by atoms with Crippen LogP contribution in [-0.2, 0) is 14.4 Å². The summed E-state index contributed by atoms with van der Waals surface area (Å²) in [5, 5.41) is 23.0. The smallest absolute Gasteiger partial charge is 0.326 e. The molecule has 0 aromatic carbocycles. The number of nitrogens with two attached hydrogens (primary N) is 1. The van der Waals surface area contributed by atoms with Gasteiger partial charge in [0.2, 0.25) is 11.8 Å². The van der Waals surface area contributed by atoms with Gasteiger partial charge < -0.3 is 26.6 Å². The molecule has 0 spiro atoms. The van der Waals surface area contributed by atoms with Crippen molar-refractivity contribution in [3.05, 3.63) is 0 Å². The maximum atomic E-state index is 11.9. The van der Waals surface area contributed by atoms with Crippen LogP contribution in [0.1, 0.15) is 34.1 Å². The average molecular weight is 303 g/mol. The predicted molar refractivity (Wildman–Crippen MR) is 76.3 cm³/mol. The van der Waals surface area contributed by atoms with E-state index in [4.69, 9.17) is 10.8 Å². The van der Waals surface area contributed by atoms with E-state index in [0.29, 0.717) is 6.42 Å². The lowest BCUT2D eigenvalue weighted by atomic mass is 9.99. The first-order chi connectivity index (χ1) is 9.61. The van der Waals surface area contributed by atoms with Gasteiger partial charge in [0.05, 0.1) is 6.10 Å². The first-order valence-corrected chi connectivity index (χ1v) is 6.88. The van der Waals surface area contributed by atoms with Crippen LogP contribution in [0.4, 0.5) is 0 Å². The molecule has 0 saturated carbocycles. The molecule has 21 heavy (non-hydrogen) atoms. The zero-order chi connectivity index (χ0) is 16.7. The number of rotatable bonds is 8. The summed E-state index contributed by atoms with van der Waals surface area (Å²) in [7, 11) is 0. The van der Waals surface area contributed by atoms with Crippen LogP contribution in [0.5, 0.6) is 0 Å². The maximum absolute atomic E-state index is 11.9. The van der Waals surface area contributed by atoms with Crippen molar-refractivity contribution >= 4 is 17.8 Å². The molecular formula is C13H25N3O5. The minimum absolute atomic E-state index is 0.242. The Morgan fingerprint density at radius 3 is 2.00 bits per heavy atom. The molecule has 0 saturated heterocycles. The average Bonchev–Trinajstić information content (AvgIpc) is 2.41. The molecular weight excluding hydrogens is 278 g/mol. The topological polar surface area (TPSA) is 142 Å². The lowest BCUT2D eigenvalue weighted by Crippen LogP contribution is -2.56. The summed E-state index contributed by atoms with van der Waals surface area (Å²) in [5.74, 6) is -2.66. The zero-order valence-electron chi connectivity index (χ0n) is 12.8. The van der Waals surface area contributed by atoms with Gasteiger partial charge in [-0.25, -0.2) is 4.79 Å². The van der Waals surface area contributed by atoms with Gasteiger partial charge in [-0.2, -0.15) is 0 Å². The van der Waals surface area contributed by atoms with Crippen molar-refractivity contribution in [2.45, 2.75) is 58.3 Å². The third-order valence-corrected chi connectivity index (χ3v) is 3.35. The molecule has 0 radical (unpaired) electrons. The number of carboxylic acid groups (broad SMARTS) is 1. The molecule has 0 aromatic heterocycles. The van der Waals surface area contributed by atoms with Crippen LogP contribution < -0.4 is 16.4 Å². The Balaban J connectivity index is 4.64. The van der Waals surface area contributed by atoms with Gasteiger partial charge in [-0.15, -0.1) is 0 Å². The summed E-state index contributed by atoms with van der Waals surface area (Å²) in [6.45, 7) is 6.31. The Hall–Kier alpha value is -1.67. The molecule has 0 aliphatic carbocycles. The fourth-order valence-electron chi connectivity index (χ4n) is 1.56. The Morgan fingerprint density at radius 2 is 1.62 bits per heavy atom. The SMILES string of the molecule is CC[C@H](C)[C@H](NC(=O)[C@H](C)NC(=O)[C@@H](N)[C@@H](C)O)C(=O)O. The highest BCUT2D eigenvalue weighted by molar-refractivity contribution is 5.91. The van der Waals surface area contributed by atoms with Gasteiger partial charge in [0.25, 0.3) is 0 Å². The Bertz CT molecular complexity index is 386. The number of aliphatic hydroxyl groups is 1. The molecule has 0 fully saturated rings. The van der Waals surface area contributed by atoms with E-state index >= 15 is 0 Å². The highest BCUT2D eigenvalue weighted by Gasteiger charge is 2.29. The number of hydrogen-bond acceptors (Lipinski definition) is 5. The molecule has 6 N–H and O–H groups in total. The fourth-order valence-corrected chi connectivity index (χ4v) is 1.56. The molecule has 0 bridgehead atoms. The van der Waals surface area contributed by atoms with E-state index in [1.165, 1.54) is 13.8 Å². The van der Waals surface area contributed by atoms with Crippen LogP contribution in [0.15, 0.2) is 0 Å². The predicted octanol–water partition coefficient (Wildman–Crippen LogP) is -1.19. The van der Waals surface area contributed by atoms with Crippen LogP contribution in [-0.4, -0.2) is 52.2 Å². The van der Waals surface area contributed by atoms with Crippen molar-refractivity contribution in [3.8, 4) is 0 Å². The summed E-state index contributed by atoms with van der Waals surface area (Å²) >= 11 is 0. The first kappa shape index (κ1) is 19.3. The van der Waals surface area contributed by atoms with Crippen LogP contribution in [0.3, 0.4) is 0 Å². The van der Waals surface area contributed by atoms with Gasteiger partial charge in [-0.05, 0) is 19.8 Å². The molecule has 122 valence electrons. The van der Waals surface area contributed by atoms with Crippen LogP contribution in [0, 0.1) is 5.92 Å². The van der Waals surface area contributed by atoms with E-state index in [1.807, 2.05) is 6.92 Å². The number of carbonyl (C=O) groups is 3. The molecule has 8 nitrogen and oxygen atoms in total. The molecule has 0 unspecified atom stereocenters. The second kappa shape index (κ2) is 8.58. The van der Waals surface area contributed by atoms with E-state index in [-0.39, 0.29) is 5.92 Å². The highest BCUT2D eigenvalue weighted by atomic mass is 16.4. The molecule has 5 atom stereocenters. The van der Waals surface area contributed by atoms with E-state index in [9.17, 15) is 19.5 Å². The number of aliphatic hydroxyl groups excluding tert-OH is 1. The van der Waals surface area contributed by atoms with Crippen LogP contribution in [0.2, 0.25) is 0 Å². The van der Waals surface area contributed by atoms with E-state index in [1.54, 1.807) is 6.92 Å². The lowest BCUT2D eigenvalue weighted by Gasteiger charge is -2.23. The molecule has 0 aromatic rings. The monoisotopic (exact) mass is 303 g/mol. The fraction of sp³-hybridized carbons (Fsp3) is 0.769. The summed E-state index contributed by atoms with van der Waals surface area (Å²) in [4.78, 5) is 34.7. The molecule has 0 rings (SSSR count). The zero-order valence-corrected chi connectivity index (χ0v) is 12.8. The van der Waals surface area contributed by atoms with Gasteiger partial charge in [0.15, 0.2) is 0 Å². The molecule has 8 heteroatoms. The maximum Gasteiger partial charge on any atom is 0.326 e. The normalized spacial score (nSPS) is 18.0. The van der Waals surface area contributed by atoms with Crippen molar-refractivity contribution in [3.63, 3.8) is 0 Å². The van der Waals surface area contributed by atoms with Crippen molar-refractivity contribution in [1.29, 1.82) is 0 Å². The minimum atomic E-state index is -1.15. The van der Waals surface area contributed by atoms with E-state index < -0.39 is 42.0 Å². The number of aliphatic carboxylic acids is 1. The minimum Gasteiger partial charge on any atom is -0.480 e. The summed E-state index contributed by atoms with van der Waals surface area (Å²) in [5.41, 5.74) is 5.44. The second-order valence-electron chi connectivity index (χ2n) is 5.21. The van der Waals surface area contributed by atoms with Crippen LogP contribution >= 0.6 is 0 Å². The Labute approximate surface area is 124 Å². The van der Waals surface area contributed by atoms with E-state index in [0.717, 1.165) is 0 Å². The number of amides is 2. The third-order valence-electron chi connectivity index (χ3n) is 3.35. The number of carbonyl (C=O) groups excluding carboxylic acids is 2. The molecule has 2 amide bonds. The first-order valence-electron chi connectivity index (χ1n) is 6.88. The van der Waals surface area contributed by atoms with Crippen molar-refractivity contribution in [2.24, 2.45) is 11.7 Å². The van der Waals surface area contributed by atoms with Crippen molar-refractivity contribution in [1.82, 2.24) is 10.6 Å². The summed E-state index contributed by atoms with van der Waals surface area (Å²) < 4.78 is 0. The van der Waals surface area contributed by atoms with Gasteiger partial charge in [0.1, 0.15) is 18.1 Å².